The number of nitrogens with zero attached hydrogens (tertiary/aromatic N) is 4. The molecule has 0 bridgehead atoms. The second kappa shape index (κ2) is 6.76. The van der Waals surface area contributed by atoms with Crippen LogP contribution >= 0.6 is 22.6 Å². The molecule has 0 radical (unpaired) electrons. The fourth-order valence-electron chi connectivity index (χ4n) is 2.13. The van der Waals surface area contributed by atoms with Crippen molar-refractivity contribution in [3.8, 4) is 0 Å². The molecule has 2 rings (SSSR count). The molecule has 2 heterocycles. The molecule has 116 valence electrons. The number of anilines is 1. The molecule has 7 heteroatoms. The quantitative estimate of drug-likeness (QED) is 0.674. The lowest BCUT2D eigenvalue weighted by atomic mass is 10.2. The Labute approximate surface area is 139 Å². The molecule has 1 aliphatic heterocycles. The molecule has 0 saturated carbocycles. The lowest BCUT2D eigenvalue weighted by Crippen LogP contribution is -2.39. The molecule has 1 aromatic rings. The van der Waals surface area contributed by atoms with Gasteiger partial charge in [-0.1, -0.05) is 0 Å². The highest BCUT2D eigenvalue weighted by molar-refractivity contribution is 14.1. The second-order valence-corrected chi connectivity index (χ2v) is 7.13. The first-order chi connectivity index (χ1) is 9.85. The van der Waals surface area contributed by atoms with Crippen molar-refractivity contribution in [3.05, 3.63) is 15.8 Å². The van der Waals surface area contributed by atoms with Crippen molar-refractivity contribution >= 4 is 34.5 Å². The van der Waals surface area contributed by atoms with Gasteiger partial charge in [0, 0.05) is 26.2 Å². The third-order valence-corrected chi connectivity index (χ3v) is 3.66. The summed E-state index contributed by atoms with van der Waals surface area (Å²) in [6, 6.07) is 3.91. The highest BCUT2D eigenvalue weighted by Crippen LogP contribution is 2.16. The first kappa shape index (κ1) is 16.3. The monoisotopic (exact) mass is 404 g/mol. The van der Waals surface area contributed by atoms with E-state index in [0.717, 1.165) is 29.0 Å². The molecule has 1 aliphatic rings. The molecule has 1 fully saturated rings. The number of rotatable bonds is 1. The predicted molar refractivity (Wildman–Crippen MR) is 89.4 cm³/mol. The molecule has 1 amide bonds. The molecule has 0 spiro atoms. The third kappa shape index (κ3) is 4.98. The maximum absolute atomic E-state index is 12.1. The van der Waals surface area contributed by atoms with E-state index < -0.39 is 5.60 Å². The summed E-state index contributed by atoms with van der Waals surface area (Å²) < 4.78 is 6.31. The van der Waals surface area contributed by atoms with E-state index in [2.05, 4.69) is 37.7 Å². The summed E-state index contributed by atoms with van der Waals surface area (Å²) in [6.45, 7) is 8.62. The Morgan fingerprint density at radius 3 is 2.57 bits per heavy atom. The van der Waals surface area contributed by atoms with Crippen LogP contribution in [0.3, 0.4) is 0 Å². The van der Waals surface area contributed by atoms with E-state index in [1.54, 1.807) is 4.90 Å². The van der Waals surface area contributed by atoms with Crippen molar-refractivity contribution in [2.24, 2.45) is 0 Å². The Morgan fingerprint density at radius 1 is 1.19 bits per heavy atom. The van der Waals surface area contributed by atoms with Gasteiger partial charge in [-0.05, 0) is 61.9 Å². The molecule has 21 heavy (non-hydrogen) atoms. The number of halogens is 1. The summed E-state index contributed by atoms with van der Waals surface area (Å²) in [7, 11) is 0. The summed E-state index contributed by atoms with van der Waals surface area (Å²) in [5, 5.41) is 8.28. The molecule has 1 aromatic heterocycles. The Hall–Kier alpha value is -1.12. The molecule has 6 nitrogen and oxygen atoms in total. The van der Waals surface area contributed by atoms with Gasteiger partial charge in [0.2, 0.25) is 0 Å². The summed E-state index contributed by atoms with van der Waals surface area (Å²) >= 11 is 2.14. The topological polar surface area (TPSA) is 58.6 Å². The first-order valence-corrected chi connectivity index (χ1v) is 8.15. The molecule has 0 unspecified atom stereocenters. The van der Waals surface area contributed by atoms with E-state index in [1.807, 2.05) is 32.9 Å². The number of hydrogen-bond acceptors (Lipinski definition) is 5. The highest BCUT2D eigenvalue weighted by Gasteiger charge is 2.24. The minimum atomic E-state index is -0.454. The van der Waals surface area contributed by atoms with Crippen LogP contribution in [0, 0.1) is 3.70 Å². The number of amides is 1. The van der Waals surface area contributed by atoms with Crippen LogP contribution in [-0.4, -0.2) is 53.0 Å². The maximum atomic E-state index is 12.1. The van der Waals surface area contributed by atoms with Gasteiger partial charge >= 0.3 is 6.09 Å². The number of ether oxygens (including phenoxy) is 1. The molecule has 1 saturated heterocycles. The van der Waals surface area contributed by atoms with Crippen LogP contribution in [0.15, 0.2) is 12.1 Å². The van der Waals surface area contributed by atoms with Crippen LogP contribution in [-0.2, 0) is 4.74 Å². The van der Waals surface area contributed by atoms with Crippen molar-refractivity contribution in [1.82, 2.24) is 15.1 Å². The summed E-state index contributed by atoms with van der Waals surface area (Å²) in [5.74, 6) is 0.862. The lowest BCUT2D eigenvalue weighted by molar-refractivity contribution is 0.0263. The molecule has 0 atom stereocenters. The highest BCUT2D eigenvalue weighted by atomic mass is 127. The Balaban J connectivity index is 1.95. The lowest BCUT2D eigenvalue weighted by Gasteiger charge is -2.26. The minimum Gasteiger partial charge on any atom is -0.444 e. The van der Waals surface area contributed by atoms with E-state index in [0.29, 0.717) is 13.1 Å². The number of carbonyl (C=O) groups excluding carboxylic acids is 1. The van der Waals surface area contributed by atoms with Crippen LogP contribution in [0.25, 0.3) is 0 Å². The van der Waals surface area contributed by atoms with Crippen molar-refractivity contribution in [1.29, 1.82) is 0 Å². The fourth-order valence-corrected chi connectivity index (χ4v) is 2.42. The molecule has 0 aromatic carbocycles. The van der Waals surface area contributed by atoms with Crippen LogP contribution < -0.4 is 4.90 Å². The van der Waals surface area contributed by atoms with Crippen LogP contribution in [0.1, 0.15) is 27.2 Å². The van der Waals surface area contributed by atoms with E-state index in [9.17, 15) is 4.79 Å². The average molecular weight is 404 g/mol. The first-order valence-electron chi connectivity index (χ1n) is 7.07. The SMILES string of the molecule is CC(C)(C)OC(=O)N1CCCN(c2ccc(I)nn2)CC1. The van der Waals surface area contributed by atoms with Gasteiger partial charge in [0.25, 0.3) is 0 Å². The van der Waals surface area contributed by atoms with E-state index in [4.69, 9.17) is 4.74 Å². The van der Waals surface area contributed by atoms with Crippen molar-refractivity contribution < 1.29 is 9.53 Å². The maximum Gasteiger partial charge on any atom is 0.410 e. The van der Waals surface area contributed by atoms with Gasteiger partial charge in [-0.2, -0.15) is 0 Å². The molecule has 0 aliphatic carbocycles. The van der Waals surface area contributed by atoms with Gasteiger partial charge in [0.1, 0.15) is 9.30 Å². The standard InChI is InChI=1S/C14H21IN4O2/c1-14(2,3)21-13(20)19-8-4-7-18(9-10-19)12-6-5-11(15)16-17-12/h5-6H,4,7-10H2,1-3H3. The van der Waals surface area contributed by atoms with Crippen molar-refractivity contribution in [2.45, 2.75) is 32.8 Å². The Morgan fingerprint density at radius 2 is 1.95 bits per heavy atom. The van der Waals surface area contributed by atoms with Gasteiger partial charge in [0.15, 0.2) is 5.82 Å². The molecule has 0 N–H and O–H groups in total. The smallest absolute Gasteiger partial charge is 0.410 e. The Bertz CT molecular complexity index is 487. The second-order valence-electron chi connectivity index (χ2n) is 6.02. The van der Waals surface area contributed by atoms with Gasteiger partial charge in [-0.15, -0.1) is 10.2 Å². The summed E-state index contributed by atoms with van der Waals surface area (Å²) in [6.07, 6.45) is 0.658. The molecular weight excluding hydrogens is 383 g/mol. The van der Waals surface area contributed by atoms with E-state index >= 15 is 0 Å². The van der Waals surface area contributed by atoms with Gasteiger partial charge in [-0.25, -0.2) is 4.79 Å². The summed E-state index contributed by atoms with van der Waals surface area (Å²) in [5.41, 5.74) is -0.454. The van der Waals surface area contributed by atoms with Gasteiger partial charge < -0.3 is 14.5 Å². The predicted octanol–water partition coefficient (Wildman–Crippen LogP) is 2.53. The van der Waals surface area contributed by atoms with Crippen LogP contribution in [0.4, 0.5) is 10.6 Å². The largest absolute Gasteiger partial charge is 0.444 e. The van der Waals surface area contributed by atoms with E-state index in [1.165, 1.54) is 0 Å². The zero-order chi connectivity index (χ0) is 15.5. The number of carbonyl (C=O) groups is 1. The Kier molecular flexibility index (Phi) is 5.23. The minimum absolute atomic E-state index is 0.238. The van der Waals surface area contributed by atoms with Crippen molar-refractivity contribution in [2.75, 3.05) is 31.1 Å². The van der Waals surface area contributed by atoms with Gasteiger partial charge in [0.05, 0.1) is 0 Å². The number of aromatic nitrogens is 2. The van der Waals surface area contributed by atoms with E-state index in [-0.39, 0.29) is 6.09 Å². The normalized spacial score (nSPS) is 16.6. The number of hydrogen-bond donors (Lipinski definition) is 0. The average Bonchev–Trinajstić information content (AvgIpc) is 2.63. The molecular formula is C14H21IN4O2. The van der Waals surface area contributed by atoms with Gasteiger partial charge in [-0.3, -0.25) is 0 Å². The zero-order valence-electron chi connectivity index (χ0n) is 12.7. The van der Waals surface area contributed by atoms with Crippen LogP contribution in [0.5, 0.6) is 0 Å². The summed E-state index contributed by atoms with van der Waals surface area (Å²) in [4.78, 5) is 16.0. The van der Waals surface area contributed by atoms with Crippen LogP contribution in [0.2, 0.25) is 0 Å². The zero-order valence-corrected chi connectivity index (χ0v) is 14.8. The van der Waals surface area contributed by atoms with Crippen molar-refractivity contribution in [3.63, 3.8) is 0 Å². The fraction of sp³-hybridized carbons (Fsp3) is 0.643. The third-order valence-electron chi connectivity index (χ3n) is 3.09.